The van der Waals surface area contributed by atoms with Crippen LogP contribution in [0.3, 0.4) is 0 Å². The molecule has 2 N–H and O–H groups in total. The highest BCUT2D eigenvalue weighted by Crippen LogP contribution is 2.29. The molecular weight excluding hydrogens is 366 g/mol. The van der Waals surface area contributed by atoms with Gasteiger partial charge in [0.25, 0.3) is 5.91 Å². The number of methoxy groups -OCH3 is 2. The molecule has 0 atom stereocenters. The van der Waals surface area contributed by atoms with Gasteiger partial charge in [0, 0.05) is 17.9 Å². The summed E-state index contributed by atoms with van der Waals surface area (Å²) in [7, 11) is 3.22. The fraction of sp³-hybridized carbons (Fsp3) is 0.217. The molecule has 1 heterocycles. The number of benzene rings is 2. The van der Waals surface area contributed by atoms with Gasteiger partial charge in [-0.25, -0.2) is 0 Å². The van der Waals surface area contributed by atoms with Gasteiger partial charge in [-0.3, -0.25) is 4.79 Å². The summed E-state index contributed by atoms with van der Waals surface area (Å²) in [4.78, 5) is 11.9. The molecule has 0 fully saturated rings. The minimum absolute atomic E-state index is 0.456. The second-order valence-electron chi connectivity index (χ2n) is 6.67. The molecule has 0 aliphatic heterocycles. The van der Waals surface area contributed by atoms with Gasteiger partial charge in [-0.05, 0) is 54.8 Å². The Morgan fingerprint density at radius 3 is 2.34 bits per heavy atom. The molecule has 2 aromatic carbocycles. The summed E-state index contributed by atoms with van der Waals surface area (Å²) < 4.78 is 12.8. The molecule has 0 unspecified atom stereocenters. The third kappa shape index (κ3) is 4.09. The molecule has 0 aliphatic rings. The quantitative estimate of drug-likeness (QED) is 0.667. The molecule has 1 aromatic heterocycles. The molecule has 0 bridgehead atoms. The van der Waals surface area contributed by atoms with Gasteiger partial charge in [-0.1, -0.05) is 18.2 Å². The monoisotopic (exact) mass is 389 g/mol. The van der Waals surface area contributed by atoms with Crippen LogP contribution in [0.2, 0.25) is 0 Å². The maximum Gasteiger partial charge on any atom is 0.250 e. The lowest BCUT2D eigenvalue weighted by Gasteiger charge is -2.14. The Hall–Kier alpha value is -3.72. The van der Waals surface area contributed by atoms with Crippen molar-refractivity contribution in [3.8, 4) is 28.8 Å². The first kappa shape index (κ1) is 20.0. The lowest BCUT2D eigenvalue weighted by molar-refractivity contribution is 0.0999. The number of rotatable bonds is 7. The van der Waals surface area contributed by atoms with E-state index in [4.69, 9.17) is 20.5 Å². The number of ether oxygens (including phenoxy) is 2. The highest BCUT2D eigenvalue weighted by atomic mass is 16.5. The van der Waals surface area contributed by atoms with E-state index in [9.17, 15) is 4.79 Å². The molecule has 0 spiro atoms. The lowest BCUT2D eigenvalue weighted by Crippen LogP contribution is -2.13. The van der Waals surface area contributed by atoms with Crippen LogP contribution in [0.4, 0.5) is 0 Å². The molecule has 3 rings (SSSR count). The third-order valence-electron chi connectivity index (χ3n) is 5.01. The average Bonchev–Trinajstić information content (AvgIpc) is 3.08. The number of amides is 1. The number of aryl methyl sites for hydroxylation is 1. The SMILES string of the molecule is COc1ccc(CCn2c(-c3ccc(C#N)cc3)cc(C(N)=O)c2C)cc1OC. The van der Waals surface area contributed by atoms with Crippen LogP contribution in [0.5, 0.6) is 11.5 Å². The fourth-order valence-corrected chi connectivity index (χ4v) is 3.41. The highest BCUT2D eigenvalue weighted by molar-refractivity contribution is 5.95. The normalized spacial score (nSPS) is 10.4. The number of nitrogens with two attached hydrogens (primary N) is 1. The zero-order valence-corrected chi connectivity index (χ0v) is 16.7. The zero-order valence-electron chi connectivity index (χ0n) is 16.7. The Labute approximate surface area is 170 Å². The maximum atomic E-state index is 11.9. The summed E-state index contributed by atoms with van der Waals surface area (Å²) in [5, 5.41) is 9.03. The maximum absolute atomic E-state index is 11.9. The molecule has 148 valence electrons. The number of hydrogen-bond acceptors (Lipinski definition) is 4. The lowest BCUT2D eigenvalue weighted by atomic mass is 10.1. The Kier molecular flexibility index (Phi) is 5.89. The van der Waals surface area contributed by atoms with Crippen LogP contribution in [0.1, 0.15) is 27.2 Å². The van der Waals surface area contributed by atoms with E-state index in [2.05, 4.69) is 10.6 Å². The second kappa shape index (κ2) is 8.53. The Balaban J connectivity index is 1.95. The van der Waals surface area contributed by atoms with Crippen molar-refractivity contribution in [2.24, 2.45) is 5.73 Å². The smallest absolute Gasteiger partial charge is 0.250 e. The Morgan fingerprint density at radius 2 is 1.76 bits per heavy atom. The van der Waals surface area contributed by atoms with Crippen molar-refractivity contribution in [3.63, 3.8) is 0 Å². The van der Waals surface area contributed by atoms with Crippen LogP contribution in [-0.4, -0.2) is 24.7 Å². The summed E-state index contributed by atoms with van der Waals surface area (Å²) >= 11 is 0. The molecule has 1 amide bonds. The highest BCUT2D eigenvalue weighted by Gasteiger charge is 2.17. The van der Waals surface area contributed by atoms with E-state index in [0.717, 1.165) is 28.9 Å². The van der Waals surface area contributed by atoms with Crippen LogP contribution in [0.15, 0.2) is 48.5 Å². The van der Waals surface area contributed by atoms with E-state index >= 15 is 0 Å². The summed E-state index contributed by atoms with van der Waals surface area (Å²) in [6, 6.07) is 17.1. The van der Waals surface area contributed by atoms with Crippen molar-refractivity contribution < 1.29 is 14.3 Å². The van der Waals surface area contributed by atoms with Crippen LogP contribution in [0, 0.1) is 18.3 Å². The number of carbonyl (C=O) groups excluding carboxylic acids is 1. The van der Waals surface area contributed by atoms with Gasteiger partial charge in [0.05, 0.1) is 31.4 Å². The molecule has 6 nitrogen and oxygen atoms in total. The number of primary amides is 1. The van der Waals surface area contributed by atoms with Crippen LogP contribution >= 0.6 is 0 Å². The predicted molar refractivity (Wildman–Crippen MR) is 111 cm³/mol. The minimum Gasteiger partial charge on any atom is -0.493 e. The van der Waals surface area contributed by atoms with E-state index in [1.54, 1.807) is 26.4 Å². The van der Waals surface area contributed by atoms with Gasteiger partial charge in [0.2, 0.25) is 0 Å². The van der Waals surface area contributed by atoms with E-state index in [1.807, 2.05) is 43.3 Å². The predicted octanol–water partition coefficient (Wildman–Crippen LogP) is 3.69. The molecule has 3 aromatic rings. The number of nitriles is 1. The molecular formula is C23H23N3O3. The molecule has 0 saturated heterocycles. The topological polar surface area (TPSA) is 90.3 Å². The van der Waals surface area contributed by atoms with E-state index < -0.39 is 5.91 Å². The van der Waals surface area contributed by atoms with Crippen molar-refractivity contribution in [3.05, 3.63) is 70.9 Å². The first-order valence-corrected chi connectivity index (χ1v) is 9.19. The largest absolute Gasteiger partial charge is 0.493 e. The zero-order chi connectivity index (χ0) is 21.0. The average molecular weight is 389 g/mol. The van der Waals surface area contributed by atoms with Crippen molar-refractivity contribution in [1.82, 2.24) is 4.57 Å². The van der Waals surface area contributed by atoms with Crippen LogP contribution < -0.4 is 15.2 Å². The number of carbonyl (C=O) groups is 1. The molecule has 0 aliphatic carbocycles. The second-order valence-corrected chi connectivity index (χ2v) is 6.67. The van der Waals surface area contributed by atoms with Crippen LogP contribution in [0.25, 0.3) is 11.3 Å². The van der Waals surface area contributed by atoms with Gasteiger partial charge >= 0.3 is 0 Å². The summed E-state index contributed by atoms with van der Waals surface area (Å²) in [6.45, 7) is 2.55. The summed E-state index contributed by atoms with van der Waals surface area (Å²) in [6.07, 6.45) is 0.733. The fourth-order valence-electron chi connectivity index (χ4n) is 3.41. The van der Waals surface area contributed by atoms with Crippen molar-refractivity contribution in [2.75, 3.05) is 14.2 Å². The molecule has 0 saturated carbocycles. The molecule has 29 heavy (non-hydrogen) atoms. The standard InChI is InChI=1S/C23H23N3O3/c1-15-19(23(25)27)13-20(18-7-4-17(14-24)5-8-18)26(15)11-10-16-6-9-21(28-2)22(12-16)29-3/h4-9,12-13H,10-11H2,1-3H3,(H2,25,27). The van der Waals surface area contributed by atoms with Gasteiger partial charge in [0.15, 0.2) is 11.5 Å². The number of hydrogen-bond donors (Lipinski definition) is 1. The first-order valence-electron chi connectivity index (χ1n) is 9.19. The Bertz CT molecular complexity index is 1080. The molecule has 0 radical (unpaired) electrons. The van der Waals surface area contributed by atoms with Crippen molar-refractivity contribution in [1.29, 1.82) is 5.26 Å². The van der Waals surface area contributed by atoms with Crippen LogP contribution in [-0.2, 0) is 13.0 Å². The van der Waals surface area contributed by atoms with Gasteiger partial charge in [-0.15, -0.1) is 0 Å². The minimum atomic E-state index is -0.456. The first-order chi connectivity index (χ1) is 14.0. The van der Waals surface area contributed by atoms with E-state index in [0.29, 0.717) is 29.2 Å². The summed E-state index contributed by atoms with van der Waals surface area (Å²) in [5.74, 6) is 0.907. The van der Waals surface area contributed by atoms with Gasteiger partial charge < -0.3 is 19.8 Å². The van der Waals surface area contributed by atoms with Gasteiger partial charge in [-0.2, -0.15) is 5.26 Å². The van der Waals surface area contributed by atoms with E-state index in [1.165, 1.54) is 0 Å². The van der Waals surface area contributed by atoms with Crippen molar-refractivity contribution in [2.45, 2.75) is 19.9 Å². The third-order valence-corrected chi connectivity index (χ3v) is 5.01. The van der Waals surface area contributed by atoms with Crippen molar-refractivity contribution >= 4 is 5.91 Å². The summed E-state index contributed by atoms with van der Waals surface area (Å²) in [5.41, 5.74) is 10.4. The van der Waals surface area contributed by atoms with E-state index in [-0.39, 0.29) is 0 Å². The Morgan fingerprint density at radius 1 is 1.07 bits per heavy atom. The molecule has 6 heteroatoms. The number of aromatic nitrogens is 1. The number of nitrogens with zero attached hydrogens (tertiary/aromatic N) is 2. The van der Waals surface area contributed by atoms with Gasteiger partial charge in [0.1, 0.15) is 0 Å².